The van der Waals surface area contributed by atoms with Gasteiger partial charge in [0.25, 0.3) is 0 Å². The van der Waals surface area contributed by atoms with Gasteiger partial charge in [0, 0.05) is 5.69 Å². The van der Waals surface area contributed by atoms with Crippen molar-refractivity contribution < 1.29 is 9.90 Å². The third-order valence-electron chi connectivity index (χ3n) is 3.24. The van der Waals surface area contributed by atoms with Crippen LogP contribution in [0.2, 0.25) is 0 Å². The molecule has 2 rings (SSSR count). The zero-order valence-corrected chi connectivity index (χ0v) is 11.7. The van der Waals surface area contributed by atoms with Gasteiger partial charge in [-0.2, -0.15) is 0 Å². The molecule has 0 aliphatic carbocycles. The molecule has 0 bridgehead atoms. The number of nitrogens with zero attached hydrogens (tertiary/aromatic N) is 2. The van der Waals surface area contributed by atoms with Gasteiger partial charge in [0.1, 0.15) is 12.2 Å². The second-order valence-corrected chi connectivity index (χ2v) is 5.10. The van der Waals surface area contributed by atoms with Crippen LogP contribution in [0.25, 0.3) is 0 Å². The second-order valence-electron chi connectivity index (χ2n) is 5.10. The molecule has 2 aromatic rings. The van der Waals surface area contributed by atoms with E-state index in [0.29, 0.717) is 12.1 Å². The van der Waals surface area contributed by atoms with Crippen LogP contribution in [0.3, 0.4) is 0 Å². The molecule has 1 heterocycles. The van der Waals surface area contributed by atoms with Gasteiger partial charge in [0.2, 0.25) is 0 Å². The number of carboxylic acids is 1. The normalized spacial score (nSPS) is 12.3. The number of rotatable bonds is 5. The molecule has 1 N–H and O–H groups in total. The van der Waals surface area contributed by atoms with Crippen molar-refractivity contribution in [3.8, 4) is 0 Å². The molecule has 0 saturated heterocycles. The first kappa shape index (κ1) is 14.2. The SMILES string of the molecule is CC(C)c1cc(C(Cc2ccccc2)C(=O)O)ncn1. The Morgan fingerprint density at radius 3 is 2.40 bits per heavy atom. The number of hydrogen-bond donors (Lipinski definition) is 1. The first-order valence-electron chi connectivity index (χ1n) is 6.66. The van der Waals surface area contributed by atoms with Gasteiger partial charge in [-0.05, 0) is 24.0 Å². The van der Waals surface area contributed by atoms with Gasteiger partial charge in [-0.1, -0.05) is 44.2 Å². The number of aliphatic carboxylic acids is 1. The quantitative estimate of drug-likeness (QED) is 0.907. The summed E-state index contributed by atoms with van der Waals surface area (Å²) in [6.07, 6.45) is 1.89. The largest absolute Gasteiger partial charge is 0.481 e. The molecule has 0 fully saturated rings. The van der Waals surface area contributed by atoms with E-state index < -0.39 is 11.9 Å². The molecular formula is C16H18N2O2. The van der Waals surface area contributed by atoms with Gasteiger partial charge in [-0.3, -0.25) is 4.79 Å². The molecule has 0 radical (unpaired) electrons. The minimum atomic E-state index is -0.859. The lowest BCUT2D eigenvalue weighted by molar-refractivity contribution is -0.138. The zero-order chi connectivity index (χ0) is 14.5. The average Bonchev–Trinajstić information content (AvgIpc) is 2.45. The molecule has 0 aliphatic rings. The summed E-state index contributed by atoms with van der Waals surface area (Å²) >= 11 is 0. The van der Waals surface area contributed by atoms with E-state index >= 15 is 0 Å². The lowest BCUT2D eigenvalue weighted by Crippen LogP contribution is -2.16. The summed E-state index contributed by atoms with van der Waals surface area (Å²) in [5.41, 5.74) is 2.43. The number of aromatic nitrogens is 2. The predicted octanol–water partition coefficient (Wildman–Crippen LogP) is 3.01. The van der Waals surface area contributed by atoms with Crippen LogP contribution in [0.1, 0.15) is 42.6 Å². The fourth-order valence-electron chi connectivity index (χ4n) is 2.06. The fourth-order valence-corrected chi connectivity index (χ4v) is 2.06. The van der Waals surface area contributed by atoms with Gasteiger partial charge in [-0.25, -0.2) is 9.97 Å². The molecule has 4 heteroatoms. The molecule has 1 unspecified atom stereocenters. The smallest absolute Gasteiger partial charge is 0.312 e. The van der Waals surface area contributed by atoms with E-state index in [1.165, 1.54) is 6.33 Å². The van der Waals surface area contributed by atoms with Crippen LogP contribution in [0.4, 0.5) is 0 Å². The van der Waals surface area contributed by atoms with Gasteiger partial charge >= 0.3 is 5.97 Å². The van der Waals surface area contributed by atoms with E-state index in [2.05, 4.69) is 9.97 Å². The molecule has 1 atom stereocenters. The van der Waals surface area contributed by atoms with E-state index in [0.717, 1.165) is 11.3 Å². The molecule has 1 aromatic carbocycles. The van der Waals surface area contributed by atoms with Crippen molar-refractivity contribution >= 4 is 5.97 Å². The van der Waals surface area contributed by atoms with Crippen LogP contribution in [0.5, 0.6) is 0 Å². The van der Waals surface area contributed by atoms with Crippen molar-refractivity contribution in [2.75, 3.05) is 0 Å². The Labute approximate surface area is 118 Å². The number of carboxylic acid groups (broad SMARTS) is 1. The topological polar surface area (TPSA) is 63.1 Å². The van der Waals surface area contributed by atoms with Crippen LogP contribution >= 0.6 is 0 Å². The Balaban J connectivity index is 2.29. The van der Waals surface area contributed by atoms with Crippen molar-refractivity contribution in [3.63, 3.8) is 0 Å². The van der Waals surface area contributed by atoms with Crippen molar-refractivity contribution in [3.05, 3.63) is 59.7 Å². The summed E-state index contributed by atoms with van der Waals surface area (Å²) in [5.74, 6) is -1.25. The lowest BCUT2D eigenvalue weighted by atomic mass is 9.95. The highest BCUT2D eigenvalue weighted by Gasteiger charge is 2.22. The maximum Gasteiger partial charge on any atom is 0.312 e. The highest BCUT2D eigenvalue weighted by molar-refractivity contribution is 5.75. The Hall–Kier alpha value is -2.23. The predicted molar refractivity (Wildman–Crippen MR) is 76.6 cm³/mol. The molecule has 0 aliphatic heterocycles. The van der Waals surface area contributed by atoms with Gasteiger partial charge in [0.15, 0.2) is 0 Å². The molecule has 0 amide bonds. The number of hydrogen-bond acceptors (Lipinski definition) is 3. The van der Waals surface area contributed by atoms with Crippen LogP contribution in [0, 0.1) is 0 Å². The molecule has 20 heavy (non-hydrogen) atoms. The maximum atomic E-state index is 11.5. The van der Waals surface area contributed by atoms with Crippen molar-refractivity contribution in [1.82, 2.24) is 9.97 Å². The van der Waals surface area contributed by atoms with E-state index in [1.54, 1.807) is 6.07 Å². The Morgan fingerprint density at radius 2 is 1.80 bits per heavy atom. The van der Waals surface area contributed by atoms with Crippen LogP contribution < -0.4 is 0 Å². The van der Waals surface area contributed by atoms with E-state index in [4.69, 9.17) is 0 Å². The highest BCUT2D eigenvalue weighted by atomic mass is 16.4. The molecule has 104 valence electrons. The first-order chi connectivity index (χ1) is 9.58. The molecule has 0 spiro atoms. The molecule has 0 saturated carbocycles. The van der Waals surface area contributed by atoms with Crippen LogP contribution in [0.15, 0.2) is 42.7 Å². The highest BCUT2D eigenvalue weighted by Crippen LogP contribution is 2.22. The summed E-state index contributed by atoms with van der Waals surface area (Å²) in [7, 11) is 0. The monoisotopic (exact) mass is 270 g/mol. The summed E-state index contributed by atoms with van der Waals surface area (Å²) in [6, 6.07) is 11.4. The number of carbonyl (C=O) groups is 1. The van der Waals surface area contributed by atoms with Gasteiger partial charge < -0.3 is 5.11 Å². The van der Waals surface area contributed by atoms with Crippen molar-refractivity contribution in [1.29, 1.82) is 0 Å². The number of benzene rings is 1. The van der Waals surface area contributed by atoms with E-state index in [-0.39, 0.29) is 5.92 Å². The Morgan fingerprint density at radius 1 is 1.15 bits per heavy atom. The van der Waals surface area contributed by atoms with Crippen LogP contribution in [-0.2, 0) is 11.2 Å². The fraction of sp³-hybridized carbons (Fsp3) is 0.312. The standard InChI is InChI=1S/C16H18N2O2/c1-11(2)14-9-15(18-10-17-14)13(16(19)20)8-12-6-4-3-5-7-12/h3-7,9-11,13H,8H2,1-2H3,(H,19,20). The third-order valence-corrected chi connectivity index (χ3v) is 3.24. The summed E-state index contributed by atoms with van der Waals surface area (Å²) in [4.78, 5) is 19.9. The van der Waals surface area contributed by atoms with Gasteiger partial charge in [-0.15, -0.1) is 0 Å². The molecule has 4 nitrogen and oxygen atoms in total. The van der Waals surface area contributed by atoms with E-state index in [1.807, 2.05) is 44.2 Å². The third kappa shape index (κ3) is 3.41. The zero-order valence-electron chi connectivity index (χ0n) is 11.7. The minimum absolute atomic E-state index is 0.253. The Bertz CT molecular complexity index is 582. The Kier molecular flexibility index (Phi) is 4.45. The maximum absolute atomic E-state index is 11.5. The summed E-state index contributed by atoms with van der Waals surface area (Å²) < 4.78 is 0. The molecule has 1 aromatic heterocycles. The van der Waals surface area contributed by atoms with Crippen molar-refractivity contribution in [2.45, 2.75) is 32.1 Å². The molecular weight excluding hydrogens is 252 g/mol. The summed E-state index contributed by atoms with van der Waals surface area (Å²) in [5, 5.41) is 9.46. The lowest BCUT2D eigenvalue weighted by Gasteiger charge is -2.13. The van der Waals surface area contributed by atoms with Gasteiger partial charge in [0.05, 0.1) is 5.69 Å². The van der Waals surface area contributed by atoms with Crippen LogP contribution in [-0.4, -0.2) is 21.0 Å². The first-order valence-corrected chi connectivity index (χ1v) is 6.66. The average molecular weight is 270 g/mol. The second kappa shape index (κ2) is 6.28. The summed E-state index contributed by atoms with van der Waals surface area (Å²) in [6.45, 7) is 4.05. The van der Waals surface area contributed by atoms with Crippen molar-refractivity contribution in [2.24, 2.45) is 0 Å². The minimum Gasteiger partial charge on any atom is -0.481 e. The van der Waals surface area contributed by atoms with E-state index in [9.17, 15) is 9.90 Å².